The van der Waals surface area contributed by atoms with Crippen LogP contribution in [-0.4, -0.2) is 30.5 Å². The third-order valence-electron chi connectivity index (χ3n) is 3.69. The first-order chi connectivity index (χ1) is 11.4. The van der Waals surface area contributed by atoms with Crippen molar-refractivity contribution in [2.75, 3.05) is 6.26 Å². The van der Waals surface area contributed by atoms with Crippen LogP contribution in [0.3, 0.4) is 0 Å². The molecule has 0 unspecified atom stereocenters. The quantitative estimate of drug-likeness (QED) is 0.673. The first-order valence-corrected chi connectivity index (χ1v) is 9.01. The van der Waals surface area contributed by atoms with Crippen LogP contribution < -0.4 is 5.56 Å². The van der Waals surface area contributed by atoms with Gasteiger partial charge in [-0.05, 0) is 35.9 Å². The second kappa shape index (κ2) is 6.01. The molecule has 2 aromatic carbocycles. The van der Waals surface area contributed by atoms with Crippen LogP contribution in [-0.2, 0) is 16.4 Å². The fourth-order valence-electron chi connectivity index (χ4n) is 2.40. The molecule has 3 rings (SSSR count). The topological polar surface area (TPSA) is 86.1 Å². The summed E-state index contributed by atoms with van der Waals surface area (Å²) >= 11 is 0. The van der Waals surface area contributed by atoms with Crippen LogP contribution in [0.1, 0.15) is 15.9 Å². The molecule has 0 aliphatic heterocycles. The molecule has 0 N–H and O–H groups in total. The first kappa shape index (κ1) is 16.1. The van der Waals surface area contributed by atoms with E-state index in [-0.39, 0.29) is 17.0 Å². The highest BCUT2D eigenvalue weighted by molar-refractivity contribution is 7.90. The van der Waals surface area contributed by atoms with E-state index >= 15 is 0 Å². The smallest absolute Gasteiger partial charge is 0.261 e. The molecule has 0 amide bonds. The van der Waals surface area contributed by atoms with Crippen LogP contribution in [0.5, 0.6) is 0 Å². The second-order valence-electron chi connectivity index (χ2n) is 5.49. The Morgan fingerprint density at radius 1 is 1.12 bits per heavy atom. The Labute approximate surface area is 138 Å². The van der Waals surface area contributed by atoms with Gasteiger partial charge in [-0.25, -0.2) is 13.4 Å². The highest BCUT2D eigenvalue weighted by Gasteiger charge is 2.08. The van der Waals surface area contributed by atoms with E-state index in [0.29, 0.717) is 22.8 Å². The van der Waals surface area contributed by atoms with Crippen molar-refractivity contribution in [3.63, 3.8) is 0 Å². The number of aldehydes is 1. The van der Waals surface area contributed by atoms with Crippen LogP contribution in [0.4, 0.5) is 0 Å². The molecule has 0 atom stereocenters. The number of fused-ring (bicyclic) bond motifs is 1. The number of nitrogens with zero attached hydrogens (tertiary/aromatic N) is 2. The van der Waals surface area contributed by atoms with Gasteiger partial charge in [0.2, 0.25) is 0 Å². The lowest BCUT2D eigenvalue weighted by atomic mass is 10.1. The summed E-state index contributed by atoms with van der Waals surface area (Å²) in [5.74, 6) is 0. The molecule has 1 aromatic heterocycles. The average Bonchev–Trinajstić information content (AvgIpc) is 2.57. The lowest BCUT2D eigenvalue weighted by Crippen LogP contribution is -2.21. The summed E-state index contributed by atoms with van der Waals surface area (Å²) in [7, 11) is -3.25. The van der Waals surface area contributed by atoms with Crippen molar-refractivity contribution < 1.29 is 13.2 Å². The highest BCUT2D eigenvalue weighted by atomic mass is 32.2. The predicted molar refractivity (Wildman–Crippen MR) is 90.0 cm³/mol. The minimum atomic E-state index is -3.25. The van der Waals surface area contributed by atoms with Crippen molar-refractivity contribution in [2.24, 2.45) is 0 Å². The fourth-order valence-corrected chi connectivity index (χ4v) is 3.03. The summed E-state index contributed by atoms with van der Waals surface area (Å²) < 4.78 is 24.4. The highest BCUT2D eigenvalue weighted by Crippen LogP contribution is 2.12. The van der Waals surface area contributed by atoms with E-state index in [1.165, 1.54) is 29.1 Å². The Hall–Kier alpha value is -2.80. The van der Waals surface area contributed by atoms with Gasteiger partial charge in [-0.2, -0.15) is 0 Å². The predicted octanol–water partition coefficient (Wildman–Crippen LogP) is 1.66. The Morgan fingerprint density at radius 3 is 2.46 bits per heavy atom. The molecule has 0 radical (unpaired) electrons. The van der Waals surface area contributed by atoms with Crippen molar-refractivity contribution in [1.29, 1.82) is 0 Å². The molecule has 0 fully saturated rings. The minimum Gasteiger partial charge on any atom is -0.298 e. The Morgan fingerprint density at radius 2 is 1.83 bits per heavy atom. The lowest BCUT2D eigenvalue weighted by Gasteiger charge is -2.08. The minimum absolute atomic E-state index is 0.228. The third kappa shape index (κ3) is 3.11. The monoisotopic (exact) mass is 342 g/mol. The van der Waals surface area contributed by atoms with Gasteiger partial charge in [-0.3, -0.25) is 14.2 Å². The van der Waals surface area contributed by atoms with E-state index in [1.54, 1.807) is 24.3 Å². The molecule has 6 nitrogen and oxygen atoms in total. The molecule has 122 valence electrons. The van der Waals surface area contributed by atoms with E-state index in [2.05, 4.69) is 4.98 Å². The first-order valence-electron chi connectivity index (χ1n) is 7.12. The molecule has 0 aliphatic carbocycles. The molecule has 0 saturated heterocycles. The van der Waals surface area contributed by atoms with Gasteiger partial charge in [0.25, 0.3) is 5.56 Å². The summed E-state index contributed by atoms with van der Waals surface area (Å²) in [4.78, 5) is 27.9. The molecular weight excluding hydrogens is 328 g/mol. The summed E-state index contributed by atoms with van der Waals surface area (Å²) in [5.41, 5.74) is 1.46. The maximum atomic E-state index is 12.5. The average molecular weight is 342 g/mol. The molecule has 3 aromatic rings. The van der Waals surface area contributed by atoms with Crippen LogP contribution in [0.15, 0.2) is 58.5 Å². The molecule has 0 aliphatic rings. The molecule has 0 saturated carbocycles. The van der Waals surface area contributed by atoms with Gasteiger partial charge >= 0.3 is 0 Å². The normalized spacial score (nSPS) is 11.5. The van der Waals surface area contributed by atoms with Crippen LogP contribution >= 0.6 is 0 Å². The van der Waals surface area contributed by atoms with Gasteiger partial charge in [0.05, 0.1) is 28.7 Å². The maximum absolute atomic E-state index is 12.5. The van der Waals surface area contributed by atoms with Crippen molar-refractivity contribution in [3.05, 3.63) is 70.3 Å². The Bertz CT molecular complexity index is 1080. The number of rotatable bonds is 4. The van der Waals surface area contributed by atoms with Crippen LogP contribution in [0.2, 0.25) is 0 Å². The van der Waals surface area contributed by atoms with Crippen molar-refractivity contribution in [3.8, 4) is 0 Å². The molecule has 24 heavy (non-hydrogen) atoms. The van der Waals surface area contributed by atoms with Gasteiger partial charge in [-0.1, -0.05) is 12.1 Å². The second-order valence-corrected chi connectivity index (χ2v) is 7.50. The van der Waals surface area contributed by atoms with Gasteiger partial charge in [0, 0.05) is 11.8 Å². The zero-order chi connectivity index (χ0) is 17.3. The van der Waals surface area contributed by atoms with E-state index in [0.717, 1.165) is 11.8 Å². The Kier molecular flexibility index (Phi) is 4.02. The van der Waals surface area contributed by atoms with Gasteiger partial charge in [0.15, 0.2) is 9.84 Å². The number of hydrogen-bond donors (Lipinski definition) is 0. The van der Waals surface area contributed by atoms with E-state index in [4.69, 9.17) is 0 Å². The fraction of sp³-hybridized carbons (Fsp3) is 0.118. The van der Waals surface area contributed by atoms with Gasteiger partial charge < -0.3 is 0 Å². The van der Waals surface area contributed by atoms with Gasteiger partial charge in [-0.15, -0.1) is 0 Å². The van der Waals surface area contributed by atoms with Crippen LogP contribution in [0, 0.1) is 0 Å². The van der Waals surface area contributed by atoms with Crippen molar-refractivity contribution in [1.82, 2.24) is 9.55 Å². The summed E-state index contributed by atoms with van der Waals surface area (Å²) in [5, 5.41) is 0.370. The number of carbonyl (C=O) groups is 1. The van der Waals surface area contributed by atoms with E-state index < -0.39 is 9.84 Å². The number of hydrogen-bond acceptors (Lipinski definition) is 5. The summed E-state index contributed by atoms with van der Waals surface area (Å²) in [6.07, 6.45) is 3.26. The van der Waals surface area contributed by atoms with E-state index in [9.17, 15) is 18.0 Å². The number of aromatic nitrogens is 2. The van der Waals surface area contributed by atoms with Crippen molar-refractivity contribution in [2.45, 2.75) is 11.4 Å². The maximum Gasteiger partial charge on any atom is 0.261 e. The zero-order valence-electron chi connectivity index (χ0n) is 12.8. The molecular formula is C17H14N2O4S. The number of sulfone groups is 1. The Balaban J connectivity index is 1.99. The third-order valence-corrected chi connectivity index (χ3v) is 4.82. The summed E-state index contributed by atoms with van der Waals surface area (Å²) in [6, 6.07) is 11.1. The molecule has 0 spiro atoms. The lowest BCUT2D eigenvalue weighted by molar-refractivity contribution is 0.112. The number of carbonyl (C=O) groups excluding carboxylic acids is 1. The van der Waals surface area contributed by atoms with E-state index in [1.807, 2.05) is 0 Å². The van der Waals surface area contributed by atoms with Crippen molar-refractivity contribution >= 4 is 27.0 Å². The largest absolute Gasteiger partial charge is 0.298 e. The molecule has 7 heteroatoms. The van der Waals surface area contributed by atoms with Gasteiger partial charge in [0.1, 0.15) is 6.29 Å². The number of benzene rings is 2. The summed E-state index contributed by atoms with van der Waals surface area (Å²) in [6.45, 7) is 0.261. The molecule has 0 bridgehead atoms. The molecule has 1 heterocycles. The van der Waals surface area contributed by atoms with Crippen LogP contribution in [0.25, 0.3) is 10.9 Å². The standard InChI is InChI=1S/C17H14N2O4S/c1-24(22,23)14-5-2-12(3-6-14)9-19-11-18-16-7-4-13(10-20)8-15(16)17(19)21/h2-8,10-11H,9H2,1H3. The zero-order valence-corrected chi connectivity index (χ0v) is 13.7. The SMILES string of the molecule is CS(=O)(=O)c1ccc(Cn2cnc3ccc(C=O)cc3c2=O)cc1.